The van der Waals surface area contributed by atoms with E-state index in [4.69, 9.17) is 9.47 Å². The Kier molecular flexibility index (Phi) is 12.6. The van der Waals surface area contributed by atoms with Crippen molar-refractivity contribution in [1.29, 1.82) is 0 Å². The van der Waals surface area contributed by atoms with Crippen LogP contribution in [0, 0.1) is 0 Å². The molecule has 0 aliphatic heterocycles. The zero-order valence-electron chi connectivity index (χ0n) is 20.2. The van der Waals surface area contributed by atoms with Crippen LogP contribution in [0.4, 0.5) is 0 Å². The highest BCUT2D eigenvalue weighted by molar-refractivity contribution is 5.84. The number of esters is 2. The first-order chi connectivity index (χ1) is 16.9. The smallest absolute Gasteiger partial charge is 0.328 e. The first kappa shape index (κ1) is 27.6. The van der Waals surface area contributed by atoms with E-state index in [-0.39, 0.29) is 31.6 Å². The van der Waals surface area contributed by atoms with E-state index in [9.17, 15) is 19.2 Å². The second kappa shape index (κ2) is 16.0. The van der Waals surface area contributed by atoms with E-state index in [0.717, 1.165) is 24.0 Å². The summed E-state index contributed by atoms with van der Waals surface area (Å²) in [7, 11) is 0. The summed E-state index contributed by atoms with van der Waals surface area (Å²) < 4.78 is 9.99. The van der Waals surface area contributed by atoms with Crippen LogP contribution in [0.3, 0.4) is 0 Å². The van der Waals surface area contributed by atoms with Crippen LogP contribution in [0.2, 0.25) is 0 Å². The van der Waals surface area contributed by atoms with Gasteiger partial charge in [-0.2, -0.15) is 0 Å². The summed E-state index contributed by atoms with van der Waals surface area (Å²) in [5.74, 6) is -1.67. The lowest BCUT2D eigenvalue weighted by molar-refractivity contribution is -0.153. The van der Waals surface area contributed by atoms with Crippen molar-refractivity contribution < 1.29 is 28.7 Å². The largest absolute Gasteiger partial charge is 0.461 e. The topological polar surface area (TPSA) is 111 Å². The molecule has 8 nitrogen and oxygen atoms in total. The Balaban J connectivity index is 1.48. The molecule has 2 aromatic carbocycles. The molecule has 0 radical (unpaired) electrons. The maximum atomic E-state index is 12.0. The van der Waals surface area contributed by atoms with Crippen LogP contribution < -0.4 is 10.6 Å². The number of ether oxygens (including phenoxy) is 2. The lowest BCUT2D eigenvalue weighted by Gasteiger charge is -2.13. The van der Waals surface area contributed by atoms with Crippen molar-refractivity contribution in [3.63, 3.8) is 0 Å². The standard InChI is InChI=1S/C27H34N2O6/c1-21(29-25(31)17-9-15-23-12-6-3-7-13-23)27(33)35-19-18-34-26(32)20-28-24(30)16-8-14-22-10-4-2-5-11-22/h2-7,10-13,21H,8-9,14-20H2,1H3,(H,28,30)(H,29,31). The summed E-state index contributed by atoms with van der Waals surface area (Å²) in [4.78, 5) is 47.6. The molecule has 0 aliphatic carbocycles. The van der Waals surface area contributed by atoms with Crippen LogP contribution in [0.15, 0.2) is 60.7 Å². The van der Waals surface area contributed by atoms with Gasteiger partial charge in [0.25, 0.3) is 0 Å². The van der Waals surface area contributed by atoms with E-state index in [2.05, 4.69) is 10.6 Å². The molecule has 2 N–H and O–H groups in total. The van der Waals surface area contributed by atoms with Gasteiger partial charge in [-0.15, -0.1) is 0 Å². The van der Waals surface area contributed by atoms with Crippen molar-refractivity contribution in [2.75, 3.05) is 19.8 Å². The molecule has 0 aliphatic rings. The average Bonchev–Trinajstić information content (AvgIpc) is 2.86. The molecule has 0 saturated heterocycles. The summed E-state index contributed by atoms with van der Waals surface area (Å²) in [6.45, 7) is 1.03. The number of nitrogens with one attached hydrogen (secondary N) is 2. The van der Waals surface area contributed by atoms with Gasteiger partial charge in [0, 0.05) is 12.8 Å². The van der Waals surface area contributed by atoms with Gasteiger partial charge in [0.1, 0.15) is 25.8 Å². The van der Waals surface area contributed by atoms with Gasteiger partial charge in [0.15, 0.2) is 0 Å². The lowest BCUT2D eigenvalue weighted by Crippen LogP contribution is -2.40. The molecule has 2 amide bonds. The van der Waals surface area contributed by atoms with Crippen LogP contribution in [-0.2, 0) is 41.5 Å². The maximum absolute atomic E-state index is 12.0. The zero-order chi connectivity index (χ0) is 25.3. The number of rotatable bonds is 15. The second-order valence-corrected chi connectivity index (χ2v) is 8.13. The predicted molar refractivity (Wildman–Crippen MR) is 131 cm³/mol. The van der Waals surface area contributed by atoms with E-state index < -0.39 is 18.0 Å². The highest BCUT2D eigenvalue weighted by Crippen LogP contribution is 2.05. The predicted octanol–water partition coefficient (Wildman–Crippen LogP) is 2.74. The normalized spacial score (nSPS) is 11.2. The van der Waals surface area contributed by atoms with Gasteiger partial charge in [-0.3, -0.25) is 14.4 Å². The minimum atomic E-state index is -0.801. The third-order valence-electron chi connectivity index (χ3n) is 5.18. The number of hydrogen-bond acceptors (Lipinski definition) is 6. The Labute approximate surface area is 206 Å². The van der Waals surface area contributed by atoms with Gasteiger partial charge in [0.2, 0.25) is 11.8 Å². The molecule has 0 bridgehead atoms. The summed E-state index contributed by atoms with van der Waals surface area (Å²) in [5, 5.41) is 5.12. The molecule has 0 aromatic heterocycles. The number of aryl methyl sites for hydroxylation is 2. The van der Waals surface area contributed by atoms with Crippen molar-refractivity contribution in [2.24, 2.45) is 0 Å². The SMILES string of the molecule is CC(NC(=O)CCCc1ccccc1)C(=O)OCCOC(=O)CNC(=O)CCCc1ccccc1. The van der Waals surface area contributed by atoms with Crippen molar-refractivity contribution >= 4 is 23.8 Å². The summed E-state index contributed by atoms with van der Waals surface area (Å²) in [6.07, 6.45) is 3.56. The Morgan fingerprint density at radius 2 is 1.26 bits per heavy atom. The molecule has 188 valence electrons. The summed E-state index contributed by atoms with van der Waals surface area (Å²) in [5.41, 5.74) is 2.32. The molecule has 1 atom stereocenters. The van der Waals surface area contributed by atoms with Crippen molar-refractivity contribution in [1.82, 2.24) is 10.6 Å². The highest BCUT2D eigenvalue weighted by atomic mass is 16.6. The van der Waals surface area contributed by atoms with Gasteiger partial charge >= 0.3 is 11.9 Å². The minimum Gasteiger partial charge on any atom is -0.461 e. The van der Waals surface area contributed by atoms with E-state index >= 15 is 0 Å². The number of carbonyl (C=O) groups excluding carboxylic acids is 4. The van der Waals surface area contributed by atoms with Crippen LogP contribution >= 0.6 is 0 Å². The molecule has 8 heteroatoms. The fraction of sp³-hybridized carbons (Fsp3) is 0.407. The molecule has 2 aromatic rings. The Morgan fingerprint density at radius 1 is 0.743 bits per heavy atom. The van der Waals surface area contributed by atoms with E-state index in [1.807, 2.05) is 60.7 Å². The second-order valence-electron chi connectivity index (χ2n) is 8.13. The van der Waals surface area contributed by atoms with Gasteiger partial charge in [-0.25, -0.2) is 4.79 Å². The summed E-state index contributed by atoms with van der Waals surface area (Å²) in [6, 6.07) is 18.9. The van der Waals surface area contributed by atoms with E-state index in [0.29, 0.717) is 25.7 Å². The van der Waals surface area contributed by atoms with Gasteiger partial charge < -0.3 is 20.1 Å². The Hall–Kier alpha value is -3.68. The van der Waals surface area contributed by atoms with Gasteiger partial charge in [-0.1, -0.05) is 60.7 Å². The monoisotopic (exact) mass is 482 g/mol. The third-order valence-corrected chi connectivity index (χ3v) is 5.18. The van der Waals surface area contributed by atoms with Crippen LogP contribution in [0.5, 0.6) is 0 Å². The Bertz CT molecular complexity index is 933. The minimum absolute atomic E-state index is 0.133. The van der Waals surface area contributed by atoms with E-state index in [1.165, 1.54) is 6.92 Å². The maximum Gasteiger partial charge on any atom is 0.328 e. The molecular formula is C27H34N2O6. The Morgan fingerprint density at radius 3 is 1.83 bits per heavy atom. The molecule has 0 saturated carbocycles. The molecule has 0 fully saturated rings. The number of amides is 2. The van der Waals surface area contributed by atoms with Gasteiger partial charge in [0.05, 0.1) is 0 Å². The highest BCUT2D eigenvalue weighted by Gasteiger charge is 2.17. The fourth-order valence-electron chi connectivity index (χ4n) is 3.30. The van der Waals surface area contributed by atoms with Crippen LogP contribution in [0.1, 0.15) is 43.7 Å². The van der Waals surface area contributed by atoms with Crippen molar-refractivity contribution in [2.45, 2.75) is 51.5 Å². The molecule has 2 rings (SSSR count). The number of carbonyl (C=O) groups is 4. The zero-order valence-corrected chi connectivity index (χ0v) is 20.2. The lowest BCUT2D eigenvalue weighted by atomic mass is 10.1. The quantitative estimate of drug-likeness (QED) is 0.298. The molecule has 35 heavy (non-hydrogen) atoms. The van der Waals surface area contributed by atoms with E-state index in [1.54, 1.807) is 0 Å². The van der Waals surface area contributed by atoms with Crippen LogP contribution in [-0.4, -0.2) is 49.6 Å². The number of hydrogen-bond donors (Lipinski definition) is 2. The van der Waals surface area contributed by atoms with Crippen LogP contribution in [0.25, 0.3) is 0 Å². The fourth-order valence-corrected chi connectivity index (χ4v) is 3.30. The number of benzene rings is 2. The molecule has 0 heterocycles. The van der Waals surface area contributed by atoms with Crippen molar-refractivity contribution in [3.05, 3.63) is 71.8 Å². The molecule has 1 unspecified atom stereocenters. The first-order valence-electron chi connectivity index (χ1n) is 11.9. The molecule has 0 spiro atoms. The summed E-state index contributed by atoms with van der Waals surface area (Å²) >= 11 is 0. The first-order valence-corrected chi connectivity index (χ1v) is 11.9. The van der Waals surface area contributed by atoms with Crippen molar-refractivity contribution in [3.8, 4) is 0 Å². The van der Waals surface area contributed by atoms with Gasteiger partial charge in [-0.05, 0) is 43.7 Å². The third kappa shape index (κ3) is 12.4. The average molecular weight is 483 g/mol. The molecular weight excluding hydrogens is 448 g/mol.